The van der Waals surface area contributed by atoms with Crippen molar-refractivity contribution in [2.75, 3.05) is 5.75 Å². The molecule has 3 fully saturated rings. The van der Waals surface area contributed by atoms with Gasteiger partial charge in [-0.3, -0.25) is 0 Å². The molecule has 3 aliphatic rings. The number of hydrogen-bond donors (Lipinski definition) is 0. The lowest BCUT2D eigenvalue weighted by Gasteiger charge is -2.59. The molecule has 0 unspecified atom stereocenters. The Labute approximate surface area is 119 Å². The molecule has 0 aliphatic heterocycles. The van der Waals surface area contributed by atoms with Gasteiger partial charge in [-0.15, -0.1) is 0 Å². The highest BCUT2D eigenvalue weighted by molar-refractivity contribution is 8.00. The van der Waals surface area contributed by atoms with Gasteiger partial charge in [-0.1, -0.05) is 41.5 Å². The first-order valence-corrected chi connectivity index (χ1v) is 8.70. The van der Waals surface area contributed by atoms with E-state index >= 15 is 0 Å². The van der Waals surface area contributed by atoms with Crippen LogP contribution in [-0.4, -0.2) is 10.5 Å². The number of rotatable bonds is 2. The van der Waals surface area contributed by atoms with E-state index in [0.717, 1.165) is 0 Å². The average Bonchev–Trinajstić information content (AvgIpc) is 2.27. The third kappa shape index (κ3) is 2.76. The minimum atomic E-state index is 0.482. The van der Waals surface area contributed by atoms with Crippen LogP contribution in [0.4, 0.5) is 0 Å². The molecule has 0 aromatic rings. The Morgan fingerprint density at radius 3 is 1.56 bits per heavy atom. The van der Waals surface area contributed by atoms with Gasteiger partial charge in [0.05, 0.1) is 0 Å². The fourth-order valence-electron chi connectivity index (χ4n) is 3.86. The van der Waals surface area contributed by atoms with Crippen LogP contribution in [0.15, 0.2) is 0 Å². The molecule has 3 aliphatic carbocycles. The molecule has 3 saturated carbocycles. The van der Waals surface area contributed by atoms with E-state index < -0.39 is 0 Å². The molecule has 0 nitrogen and oxygen atoms in total. The van der Waals surface area contributed by atoms with E-state index in [0.29, 0.717) is 21.0 Å². The molecule has 0 amide bonds. The molecule has 0 heterocycles. The molecule has 2 bridgehead atoms. The van der Waals surface area contributed by atoms with Crippen LogP contribution < -0.4 is 0 Å². The van der Waals surface area contributed by atoms with Gasteiger partial charge in [-0.05, 0) is 60.5 Å². The second-order valence-electron chi connectivity index (χ2n) is 9.06. The Bertz CT molecular complexity index is 278. The number of thioether (sulfide) groups is 1. The quantitative estimate of drug-likeness (QED) is 0.600. The van der Waals surface area contributed by atoms with Gasteiger partial charge in [-0.25, -0.2) is 0 Å². The molecule has 0 aromatic carbocycles. The largest absolute Gasteiger partial charge is 0.155 e. The Morgan fingerprint density at radius 2 is 1.22 bits per heavy atom. The van der Waals surface area contributed by atoms with Crippen LogP contribution in [-0.2, 0) is 0 Å². The fourth-order valence-corrected chi connectivity index (χ4v) is 5.34. The monoisotopic (exact) mass is 268 g/mol. The summed E-state index contributed by atoms with van der Waals surface area (Å²) in [6.45, 7) is 14.5. The lowest BCUT2D eigenvalue weighted by atomic mass is 9.51. The minimum Gasteiger partial charge on any atom is -0.155 e. The normalized spacial score (nSPS) is 37.0. The van der Waals surface area contributed by atoms with E-state index in [1.165, 1.54) is 44.3 Å². The van der Waals surface area contributed by atoms with E-state index in [-0.39, 0.29) is 0 Å². The zero-order chi connectivity index (χ0) is 13.7. The van der Waals surface area contributed by atoms with Crippen LogP contribution in [0.5, 0.6) is 0 Å². The van der Waals surface area contributed by atoms with Gasteiger partial charge in [0.1, 0.15) is 0 Å². The summed E-state index contributed by atoms with van der Waals surface area (Å²) in [5.74, 6) is 1.33. The molecule has 0 spiro atoms. The van der Waals surface area contributed by atoms with Crippen molar-refractivity contribution >= 4 is 11.8 Å². The van der Waals surface area contributed by atoms with E-state index in [1.807, 2.05) is 0 Å². The van der Waals surface area contributed by atoms with E-state index in [9.17, 15) is 0 Å². The maximum atomic E-state index is 2.47. The summed E-state index contributed by atoms with van der Waals surface area (Å²) in [6, 6.07) is 0. The number of hydrogen-bond acceptors (Lipinski definition) is 1. The van der Waals surface area contributed by atoms with Crippen LogP contribution in [0.25, 0.3) is 0 Å². The summed E-state index contributed by atoms with van der Waals surface area (Å²) in [5, 5.41) is 0. The standard InChI is InChI=1S/C17H32S/c1-14(2,3)13-18-17-10-7-16(8-11-17,9-12-17)15(4,5)6/h7-13H2,1-6H3/t16-,17+. The zero-order valence-electron chi connectivity index (χ0n) is 13.4. The van der Waals surface area contributed by atoms with Crippen LogP contribution in [0.2, 0.25) is 0 Å². The maximum Gasteiger partial charge on any atom is 0.0161 e. The maximum absolute atomic E-state index is 2.47. The van der Waals surface area contributed by atoms with Gasteiger partial charge in [0.15, 0.2) is 0 Å². The lowest BCUT2D eigenvalue weighted by molar-refractivity contribution is -0.0211. The van der Waals surface area contributed by atoms with Crippen molar-refractivity contribution in [3.05, 3.63) is 0 Å². The second kappa shape index (κ2) is 4.43. The molecule has 1 heteroatoms. The van der Waals surface area contributed by atoms with Crippen LogP contribution in [0.1, 0.15) is 80.1 Å². The minimum absolute atomic E-state index is 0.482. The Morgan fingerprint density at radius 1 is 0.778 bits per heavy atom. The van der Waals surface area contributed by atoms with Crippen molar-refractivity contribution in [3.63, 3.8) is 0 Å². The fraction of sp³-hybridized carbons (Fsp3) is 1.00. The van der Waals surface area contributed by atoms with E-state index in [2.05, 4.69) is 53.3 Å². The predicted octanol–water partition coefficient (Wildman–Crippen LogP) is 5.90. The lowest BCUT2D eigenvalue weighted by Crippen LogP contribution is -2.50. The summed E-state index contributed by atoms with van der Waals surface area (Å²) < 4.78 is 0.653. The molecule has 18 heavy (non-hydrogen) atoms. The SMILES string of the molecule is CC(C)(C)CS[C@]12CC[C@](C(C)(C)C)(CC1)CC2. The van der Waals surface area contributed by atoms with Crippen LogP contribution >= 0.6 is 11.8 Å². The van der Waals surface area contributed by atoms with Gasteiger partial charge >= 0.3 is 0 Å². The molecule has 3 rings (SSSR count). The molecule has 0 atom stereocenters. The summed E-state index contributed by atoms with van der Waals surface area (Å²) in [5.41, 5.74) is 1.65. The molecule has 106 valence electrons. The summed E-state index contributed by atoms with van der Waals surface area (Å²) in [6.07, 6.45) is 8.87. The molecule has 0 N–H and O–H groups in total. The van der Waals surface area contributed by atoms with Crippen molar-refractivity contribution in [2.45, 2.75) is 84.8 Å². The van der Waals surface area contributed by atoms with Crippen LogP contribution in [0.3, 0.4) is 0 Å². The highest BCUT2D eigenvalue weighted by atomic mass is 32.2. The topological polar surface area (TPSA) is 0 Å². The van der Waals surface area contributed by atoms with E-state index in [1.54, 1.807) is 0 Å². The molecular formula is C17H32S. The highest BCUT2D eigenvalue weighted by Gasteiger charge is 2.53. The van der Waals surface area contributed by atoms with Crippen molar-refractivity contribution in [3.8, 4) is 0 Å². The first-order valence-electron chi connectivity index (χ1n) is 7.72. The summed E-state index contributed by atoms with van der Waals surface area (Å²) >= 11 is 2.30. The van der Waals surface area contributed by atoms with Gasteiger partial charge in [0.2, 0.25) is 0 Å². The Balaban J connectivity index is 2.00. The van der Waals surface area contributed by atoms with Crippen molar-refractivity contribution in [1.82, 2.24) is 0 Å². The van der Waals surface area contributed by atoms with Gasteiger partial charge < -0.3 is 0 Å². The van der Waals surface area contributed by atoms with Crippen molar-refractivity contribution < 1.29 is 0 Å². The third-order valence-corrected chi connectivity index (χ3v) is 7.81. The predicted molar refractivity (Wildman–Crippen MR) is 84.2 cm³/mol. The third-order valence-electron chi connectivity index (χ3n) is 5.58. The van der Waals surface area contributed by atoms with E-state index in [4.69, 9.17) is 0 Å². The molecule has 0 radical (unpaired) electrons. The Kier molecular flexibility index (Phi) is 3.63. The molecule has 0 saturated heterocycles. The molecular weight excluding hydrogens is 236 g/mol. The Hall–Kier alpha value is 0.350. The van der Waals surface area contributed by atoms with Gasteiger partial charge in [-0.2, -0.15) is 11.8 Å². The smallest absolute Gasteiger partial charge is 0.0161 e. The first-order chi connectivity index (χ1) is 8.08. The highest BCUT2D eigenvalue weighted by Crippen LogP contribution is 2.63. The van der Waals surface area contributed by atoms with Gasteiger partial charge in [0, 0.05) is 4.75 Å². The molecule has 0 aromatic heterocycles. The van der Waals surface area contributed by atoms with Crippen LogP contribution in [0, 0.1) is 16.2 Å². The second-order valence-corrected chi connectivity index (χ2v) is 10.5. The van der Waals surface area contributed by atoms with Crippen molar-refractivity contribution in [2.24, 2.45) is 16.2 Å². The summed E-state index contributed by atoms with van der Waals surface area (Å²) in [4.78, 5) is 0. The first kappa shape index (κ1) is 14.8. The average molecular weight is 269 g/mol. The number of fused-ring (bicyclic) bond motifs is 3. The zero-order valence-corrected chi connectivity index (χ0v) is 14.2. The summed E-state index contributed by atoms with van der Waals surface area (Å²) in [7, 11) is 0. The van der Waals surface area contributed by atoms with Gasteiger partial charge in [0.25, 0.3) is 0 Å². The van der Waals surface area contributed by atoms with Crippen molar-refractivity contribution in [1.29, 1.82) is 0 Å².